The number of likely N-dealkylation sites (tertiary alicyclic amines) is 1. The monoisotopic (exact) mass is 297 g/mol. The molecule has 2 unspecified atom stereocenters. The minimum Gasteiger partial charge on any atom is -0.467 e. The Balaban J connectivity index is 2.45. The summed E-state index contributed by atoms with van der Waals surface area (Å²) < 4.78 is 10.5. The lowest BCUT2D eigenvalue weighted by Gasteiger charge is -2.25. The van der Waals surface area contributed by atoms with Gasteiger partial charge in [0.2, 0.25) is 5.91 Å². The topological polar surface area (TPSA) is 55.8 Å². The van der Waals surface area contributed by atoms with Crippen molar-refractivity contribution in [2.45, 2.75) is 57.6 Å². The van der Waals surface area contributed by atoms with Crippen molar-refractivity contribution in [3.63, 3.8) is 0 Å². The lowest BCUT2D eigenvalue weighted by molar-refractivity contribution is -0.151. The van der Waals surface area contributed by atoms with E-state index in [0.717, 1.165) is 25.7 Å². The first-order valence-corrected chi connectivity index (χ1v) is 7.73. The Morgan fingerprint density at radius 1 is 1.48 bits per heavy atom. The summed E-state index contributed by atoms with van der Waals surface area (Å²) in [6, 6.07) is -0.416. The van der Waals surface area contributed by atoms with Crippen LogP contribution in [0.1, 0.15) is 45.4 Å². The molecule has 0 bridgehead atoms. The average molecular weight is 297 g/mol. The van der Waals surface area contributed by atoms with Crippen molar-refractivity contribution in [3.05, 3.63) is 12.7 Å². The highest BCUT2D eigenvalue weighted by atomic mass is 16.5. The number of nitrogens with zero attached hydrogens (tertiary/aromatic N) is 1. The molecular weight excluding hydrogens is 270 g/mol. The van der Waals surface area contributed by atoms with Crippen LogP contribution in [0.5, 0.6) is 0 Å². The van der Waals surface area contributed by atoms with Crippen LogP contribution in [0.25, 0.3) is 0 Å². The summed E-state index contributed by atoms with van der Waals surface area (Å²) in [7, 11) is 1.36. The van der Waals surface area contributed by atoms with Crippen LogP contribution in [-0.2, 0) is 19.1 Å². The van der Waals surface area contributed by atoms with Gasteiger partial charge in [0.25, 0.3) is 0 Å². The molecule has 0 aromatic heterocycles. The van der Waals surface area contributed by atoms with Crippen LogP contribution in [0.15, 0.2) is 12.7 Å². The molecule has 1 amide bonds. The van der Waals surface area contributed by atoms with Gasteiger partial charge in [-0.2, -0.15) is 0 Å². The van der Waals surface area contributed by atoms with Crippen molar-refractivity contribution < 1.29 is 19.1 Å². The maximum Gasteiger partial charge on any atom is 0.328 e. The lowest BCUT2D eigenvalue weighted by Crippen LogP contribution is -2.42. The second-order valence-electron chi connectivity index (χ2n) is 5.30. The summed E-state index contributed by atoms with van der Waals surface area (Å²) >= 11 is 0. The first kappa shape index (κ1) is 17.7. The van der Waals surface area contributed by atoms with E-state index in [0.29, 0.717) is 26.0 Å². The first-order valence-electron chi connectivity index (χ1n) is 7.73. The van der Waals surface area contributed by atoms with Crippen molar-refractivity contribution in [1.29, 1.82) is 0 Å². The summed E-state index contributed by atoms with van der Waals surface area (Å²) in [6.07, 6.45) is 6.28. The summed E-state index contributed by atoms with van der Waals surface area (Å²) in [4.78, 5) is 25.7. The van der Waals surface area contributed by atoms with Gasteiger partial charge >= 0.3 is 5.97 Å². The molecule has 21 heavy (non-hydrogen) atoms. The number of carbonyl (C=O) groups is 2. The number of unbranched alkanes of at least 4 members (excludes halogenated alkanes) is 1. The smallest absolute Gasteiger partial charge is 0.328 e. The van der Waals surface area contributed by atoms with Crippen LogP contribution >= 0.6 is 0 Å². The number of allylic oxidation sites excluding steroid dienone is 1. The van der Waals surface area contributed by atoms with Crippen molar-refractivity contribution in [2.75, 3.05) is 20.3 Å². The Kier molecular flexibility index (Phi) is 8.05. The standard InChI is InChI=1S/C16H27NO4/c1-4-6-7-11-21-13(5-2)12-15(18)17-10-8-9-14(17)16(19)20-3/h4,13-14H,1,5-12H2,2-3H3. The molecule has 0 aromatic carbocycles. The molecule has 1 saturated heterocycles. The van der Waals surface area contributed by atoms with Gasteiger partial charge in [-0.05, 0) is 32.1 Å². The van der Waals surface area contributed by atoms with Crippen LogP contribution in [0.4, 0.5) is 0 Å². The molecule has 0 saturated carbocycles. The van der Waals surface area contributed by atoms with Crippen LogP contribution in [0.2, 0.25) is 0 Å². The number of hydrogen-bond acceptors (Lipinski definition) is 4. The fraction of sp³-hybridized carbons (Fsp3) is 0.750. The normalized spacial score (nSPS) is 19.3. The largest absolute Gasteiger partial charge is 0.467 e. The van der Waals surface area contributed by atoms with E-state index < -0.39 is 6.04 Å². The van der Waals surface area contributed by atoms with Crippen molar-refractivity contribution in [2.24, 2.45) is 0 Å². The van der Waals surface area contributed by atoms with E-state index in [9.17, 15) is 9.59 Å². The number of amides is 1. The highest BCUT2D eigenvalue weighted by Crippen LogP contribution is 2.20. The molecule has 1 aliphatic rings. The molecular formula is C16H27NO4. The molecule has 0 aromatic rings. The van der Waals surface area contributed by atoms with E-state index in [1.54, 1.807) is 4.90 Å². The number of carbonyl (C=O) groups excluding carboxylic acids is 2. The van der Waals surface area contributed by atoms with Gasteiger partial charge in [0.15, 0.2) is 0 Å². The predicted octanol–water partition coefficient (Wildman–Crippen LogP) is 2.30. The third kappa shape index (κ3) is 5.50. The van der Waals surface area contributed by atoms with Crippen LogP contribution in [0, 0.1) is 0 Å². The minimum atomic E-state index is -0.416. The lowest BCUT2D eigenvalue weighted by atomic mass is 10.1. The molecule has 0 aliphatic carbocycles. The van der Waals surface area contributed by atoms with Gasteiger partial charge in [0.1, 0.15) is 6.04 Å². The Hall–Kier alpha value is -1.36. The molecule has 0 radical (unpaired) electrons. The highest BCUT2D eigenvalue weighted by Gasteiger charge is 2.35. The Labute approximate surface area is 127 Å². The van der Waals surface area contributed by atoms with Crippen LogP contribution in [-0.4, -0.2) is 49.2 Å². The maximum atomic E-state index is 12.4. The third-order valence-electron chi connectivity index (χ3n) is 3.81. The molecule has 1 heterocycles. The molecule has 1 fully saturated rings. The molecule has 0 spiro atoms. The van der Waals surface area contributed by atoms with E-state index in [4.69, 9.17) is 9.47 Å². The molecule has 5 heteroatoms. The molecule has 1 aliphatic heterocycles. The fourth-order valence-corrected chi connectivity index (χ4v) is 2.56. The van der Waals surface area contributed by atoms with E-state index in [1.165, 1.54) is 7.11 Å². The first-order chi connectivity index (χ1) is 10.1. The number of rotatable bonds is 9. The molecule has 2 atom stereocenters. The van der Waals surface area contributed by atoms with Crippen LogP contribution < -0.4 is 0 Å². The van der Waals surface area contributed by atoms with Crippen molar-refractivity contribution in [1.82, 2.24) is 4.90 Å². The van der Waals surface area contributed by atoms with E-state index >= 15 is 0 Å². The Morgan fingerprint density at radius 2 is 2.24 bits per heavy atom. The van der Waals surface area contributed by atoms with Gasteiger partial charge in [0.05, 0.1) is 19.6 Å². The maximum absolute atomic E-state index is 12.4. The second kappa shape index (κ2) is 9.55. The molecule has 5 nitrogen and oxygen atoms in total. The fourth-order valence-electron chi connectivity index (χ4n) is 2.56. The van der Waals surface area contributed by atoms with Gasteiger partial charge in [-0.1, -0.05) is 13.0 Å². The average Bonchev–Trinajstić information content (AvgIpc) is 2.99. The molecule has 0 N–H and O–H groups in total. The number of methoxy groups -OCH3 is 1. The third-order valence-corrected chi connectivity index (χ3v) is 3.81. The SMILES string of the molecule is C=CCCCOC(CC)CC(=O)N1CCCC1C(=O)OC. The van der Waals surface area contributed by atoms with Crippen molar-refractivity contribution >= 4 is 11.9 Å². The van der Waals surface area contributed by atoms with Crippen molar-refractivity contribution in [3.8, 4) is 0 Å². The summed E-state index contributed by atoms with van der Waals surface area (Å²) in [5.74, 6) is -0.334. The van der Waals surface area contributed by atoms with Gasteiger partial charge in [-0.15, -0.1) is 6.58 Å². The van der Waals surface area contributed by atoms with Crippen LogP contribution in [0.3, 0.4) is 0 Å². The quantitative estimate of drug-likeness (QED) is 0.372. The second-order valence-corrected chi connectivity index (χ2v) is 5.30. The minimum absolute atomic E-state index is 0.0153. The zero-order chi connectivity index (χ0) is 15.7. The van der Waals surface area contributed by atoms with Gasteiger partial charge in [-0.3, -0.25) is 4.79 Å². The summed E-state index contributed by atoms with van der Waals surface area (Å²) in [5, 5.41) is 0. The molecule has 1 rings (SSSR count). The zero-order valence-corrected chi connectivity index (χ0v) is 13.2. The Morgan fingerprint density at radius 3 is 2.86 bits per heavy atom. The van der Waals surface area contributed by atoms with E-state index in [-0.39, 0.29) is 18.0 Å². The highest BCUT2D eigenvalue weighted by molar-refractivity contribution is 5.85. The number of esters is 1. The number of hydrogen-bond donors (Lipinski definition) is 0. The molecule has 120 valence electrons. The predicted molar refractivity (Wildman–Crippen MR) is 80.8 cm³/mol. The van der Waals surface area contributed by atoms with Gasteiger partial charge < -0.3 is 14.4 Å². The number of ether oxygens (including phenoxy) is 2. The van der Waals surface area contributed by atoms with Gasteiger partial charge in [-0.25, -0.2) is 4.79 Å². The van der Waals surface area contributed by atoms with E-state index in [2.05, 4.69) is 6.58 Å². The van der Waals surface area contributed by atoms with E-state index in [1.807, 2.05) is 13.0 Å². The summed E-state index contributed by atoms with van der Waals surface area (Å²) in [5.41, 5.74) is 0. The van der Waals surface area contributed by atoms with Gasteiger partial charge in [0, 0.05) is 13.2 Å². The zero-order valence-electron chi connectivity index (χ0n) is 13.2. The summed E-state index contributed by atoms with van der Waals surface area (Å²) in [6.45, 7) is 6.95. The Bertz CT molecular complexity index is 356.